The van der Waals surface area contributed by atoms with Gasteiger partial charge in [0.05, 0.1) is 25.9 Å². The monoisotopic (exact) mass is 310 g/mol. The van der Waals surface area contributed by atoms with Crippen LogP contribution in [0.2, 0.25) is 0 Å². The fourth-order valence-electron chi connectivity index (χ4n) is 3.15. The van der Waals surface area contributed by atoms with Crippen LogP contribution in [-0.4, -0.2) is 60.9 Å². The molecule has 0 bridgehead atoms. The molecule has 0 saturated carbocycles. The molecule has 0 heterocycles. The number of fused-ring (bicyclic) bond motifs is 1. The Kier molecular flexibility index (Phi) is 7.29. The van der Waals surface area contributed by atoms with Crippen LogP contribution in [-0.2, 0) is 11.2 Å². The van der Waals surface area contributed by atoms with Crippen LogP contribution < -0.4 is 4.90 Å². The quantitative estimate of drug-likeness (QED) is 0.487. The Bertz CT molecular complexity index is 434. The van der Waals surface area contributed by atoms with E-state index in [9.17, 15) is 5.11 Å². The topological polar surface area (TPSA) is 74.4 Å². The Morgan fingerprint density at radius 3 is 2.64 bits per heavy atom. The third-order valence-electron chi connectivity index (χ3n) is 4.26. The number of benzene rings is 1. The second-order valence-electron chi connectivity index (χ2n) is 5.97. The average molecular weight is 310 g/mol. The molecule has 1 aromatic carbocycles. The van der Waals surface area contributed by atoms with Crippen LogP contribution in [0.1, 0.15) is 30.1 Å². The summed E-state index contributed by atoms with van der Waals surface area (Å²) in [6, 6.07) is 8.35. The SMILES string of the molecule is OCC[NH+](CCO)C[C@@H](O)CO[C@@H]1CCCc2ccccc21. The average Bonchev–Trinajstić information content (AvgIpc) is 2.53. The van der Waals surface area contributed by atoms with Gasteiger partial charge in [-0.15, -0.1) is 0 Å². The lowest BCUT2D eigenvalue weighted by Gasteiger charge is -2.27. The Labute approximate surface area is 132 Å². The molecule has 5 nitrogen and oxygen atoms in total. The molecule has 2 atom stereocenters. The van der Waals surface area contributed by atoms with E-state index >= 15 is 0 Å². The Morgan fingerprint density at radius 2 is 1.91 bits per heavy atom. The van der Waals surface area contributed by atoms with Crippen LogP contribution in [0.4, 0.5) is 0 Å². The Morgan fingerprint density at radius 1 is 1.18 bits per heavy atom. The first kappa shape index (κ1) is 17.4. The zero-order valence-corrected chi connectivity index (χ0v) is 13.1. The zero-order chi connectivity index (χ0) is 15.8. The molecule has 0 saturated heterocycles. The third kappa shape index (κ3) is 5.04. The number of nitrogens with one attached hydrogen (secondary N) is 1. The minimum atomic E-state index is -0.581. The van der Waals surface area contributed by atoms with E-state index in [1.54, 1.807) is 0 Å². The van der Waals surface area contributed by atoms with Crippen LogP contribution in [0.3, 0.4) is 0 Å². The summed E-state index contributed by atoms with van der Waals surface area (Å²) in [5, 5.41) is 28.2. The molecule has 1 aliphatic rings. The second kappa shape index (κ2) is 9.22. The molecule has 0 fully saturated rings. The molecule has 1 aliphatic carbocycles. The van der Waals surface area contributed by atoms with Gasteiger partial charge in [-0.25, -0.2) is 0 Å². The van der Waals surface area contributed by atoms with E-state index in [4.69, 9.17) is 14.9 Å². The summed E-state index contributed by atoms with van der Waals surface area (Å²) in [7, 11) is 0. The van der Waals surface area contributed by atoms with E-state index in [1.807, 2.05) is 6.07 Å². The summed E-state index contributed by atoms with van der Waals surface area (Å²) < 4.78 is 5.94. The van der Waals surface area contributed by atoms with Crippen molar-refractivity contribution in [1.82, 2.24) is 0 Å². The first-order valence-corrected chi connectivity index (χ1v) is 8.17. The third-order valence-corrected chi connectivity index (χ3v) is 4.26. The molecule has 1 aromatic rings. The normalized spacial score (nSPS) is 19.2. The van der Waals surface area contributed by atoms with Gasteiger partial charge in [-0.3, -0.25) is 0 Å². The van der Waals surface area contributed by atoms with Gasteiger partial charge < -0.3 is 25.0 Å². The highest BCUT2D eigenvalue weighted by Crippen LogP contribution is 2.32. The molecule has 4 N–H and O–H groups in total. The first-order chi connectivity index (χ1) is 10.7. The van der Waals surface area contributed by atoms with Crippen molar-refractivity contribution in [3.8, 4) is 0 Å². The predicted molar refractivity (Wildman–Crippen MR) is 83.8 cm³/mol. The summed E-state index contributed by atoms with van der Waals surface area (Å²) in [5.41, 5.74) is 2.59. The number of hydrogen-bond acceptors (Lipinski definition) is 4. The van der Waals surface area contributed by atoms with Crippen molar-refractivity contribution in [2.75, 3.05) is 39.5 Å². The second-order valence-corrected chi connectivity index (χ2v) is 5.97. The summed E-state index contributed by atoms with van der Waals surface area (Å²) in [4.78, 5) is 0.991. The Hall–Kier alpha value is -0.980. The maximum Gasteiger partial charge on any atom is 0.126 e. The van der Waals surface area contributed by atoms with E-state index in [0.717, 1.165) is 24.2 Å². The summed E-state index contributed by atoms with van der Waals surface area (Å²) in [6.07, 6.45) is 2.70. The smallest absolute Gasteiger partial charge is 0.126 e. The van der Waals surface area contributed by atoms with Gasteiger partial charge in [0.1, 0.15) is 25.7 Å². The number of aliphatic hydroxyl groups is 3. The van der Waals surface area contributed by atoms with E-state index in [2.05, 4.69) is 18.2 Å². The predicted octanol–water partition coefficient (Wildman–Crippen LogP) is -0.689. The minimum Gasteiger partial charge on any atom is -0.391 e. The number of rotatable bonds is 9. The molecule has 2 rings (SSSR count). The lowest BCUT2D eigenvalue weighted by Crippen LogP contribution is -3.14. The molecule has 5 heteroatoms. The van der Waals surface area contributed by atoms with Crippen molar-refractivity contribution >= 4 is 0 Å². The summed E-state index contributed by atoms with van der Waals surface area (Å²) in [6.45, 7) is 1.94. The van der Waals surface area contributed by atoms with Gasteiger partial charge in [0, 0.05) is 0 Å². The maximum atomic E-state index is 10.1. The largest absolute Gasteiger partial charge is 0.391 e. The molecule has 0 unspecified atom stereocenters. The van der Waals surface area contributed by atoms with Crippen molar-refractivity contribution in [3.05, 3.63) is 35.4 Å². The van der Waals surface area contributed by atoms with Gasteiger partial charge in [0.25, 0.3) is 0 Å². The van der Waals surface area contributed by atoms with E-state index in [1.165, 1.54) is 11.1 Å². The number of ether oxygens (including phenoxy) is 1. The number of quaternary nitrogens is 1. The fourth-order valence-corrected chi connectivity index (χ4v) is 3.15. The highest BCUT2D eigenvalue weighted by atomic mass is 16.5. The highest BCUT2D eigenvalue weighted by Gasteiger charge is 2.22. The van der Waals surface area contributed by atoms with Crippen LogP contribution >= 0.6 is 0 Å². The molecule has 0 aromatic heterocycles. The van der Waals surface area contributed by atoms with E-state index in [0.29, 0.717) is 26.2 Å². The maximum absolute atomic E-state index is 10.1. The number of hydrogen-bond donors (Lipinski definition) is 4. The van der Waals surface area contributed by atoms with Crippen molar-refractivity contribution < 1.29 is 25.0 Å². The standard InChI is InChI=1S/C17H27NO4/c19-10-8-18(9-11-20)12-15(21)13-22-17-7-3-5-14-4-1-2-6-16(14)17/h1-2,4,6,15,17,19-21H,3,5,7-13H2/p+1/t15-,17-/m1/s1. The summed E-state index contributed by atoms with van der Waals surface area (Å²) in [5.74, 6) is 0. The Balaban J connectivity index is 1.82. The minimum absolute atomic E-state index is 0.0545. The first-order valence-electron chi connectivity index (χ1n) is 8.17. The molecule has 0 radical (unpaired) electrons. The van der Waals surface area contributed by atoms with Crippen molar-refractivity contribution in [3.63, 3.8) is 0 Å². The van der Waals surface area contributed by atoms with Gasteiger partial charge in [-0.05, 0) is 30.4 Å². The summed E-state index contributed by atoms with van der Waals surface area (Å²) >= 11 is 0. The van der Waals surface area contributed by atoms with Crippen LogP contribution in [0.25, 0.3) is 0 Å². The van der Waals surface area contributed by atoms with Gasteiger partial charge in [0.15, 0.2) is 0 Å². The highest BCUT2D eigenvalue weighted by molar-refractivity contribution is 5.31. The van der Waals surface area contributed by atoms with Crippen LogP contribution in [0, 0.1) is 0 Å². The lowest BCUT2D eigenvalue weighted by molar-refractivity contribution is -0.904. The fraction of sp³-hybridized carbons (Fsp3) is 0.647. The molecular weight excluding hydrogens is 282 g/mol. The number of aryl methyl sites for hydroxylation is 1. The lowest BCUT2D eigenvalue weighted by atomic mass is 9.89. The van der Waals surface area contributed by atoms with Gasteiger partial charge in [-0.1, -0.05) is 24.3 Å². The van der Waals surface area contributed by atoms with Gasteiger partial charge in [-0.2, -0.15) is 0 Å². The zero-order valence-electron chi connectivity index (χ0n) is 13.1. The van der Waals surface area contributed by atoms with Crippen molar-refractivity contribution in [2.24, 2.45) is 0 Å². The van der Waals surface area contributed by atoms with E-state index in [-0.39, 0.29) is 19.3 Å². The molecular formula is C17H28NO4+. The van der Waals surface area contributed by atoms with Crippen molar-refractivity contribution in [1.29, 1.82) is 0 Å². The van der Waals surface area contributed by atoms with Crippen LogP contribution in [0.15, 0.2) is 24.3 Å². The number of aliphatic hydroxyl groups excluding tert-OH is 3. The van der Waals surface area contributed by atoms with E-state index < -0.39 is 6.10 Å². The molecule has 124 valence electrons. The molecule has 0 amide bonds. The van der Waals surface area contributed by atoms with Crippen molar-refractivity contribution in [2.45, 2.75) is 31.5 Å². The molecule has 0 spiro atoms. The van der Waals surface area contributed by atoms with Gasteiger partial charge >= 0.3 is 0 Å². The van der Waals surface area contributed by atoms with Crippen LogP contribution in [0.5, 0.6) is 0 Å². The molecule has 0 aliphatic heterocycles. The van der Waals surface area contributed by atoms with Gasteiger partial charge in [0.2, 0.25) is 0 Å². The molecule has 22 heavy (non-hydrogen) atoms.